The van der Waals surface area contributed by atoms with E-state index in [2.05, 4.69) is 15.0 Å². The molecule has 2 aromatic carbocycles. The number of hydrogen-bond donors (Lipinski definition) is 1. The molecule has 3 aromatic rings. The van der Waals surface area contributed by atoms with Crippen molar-refractivity contribution in [3.05, 3.63) is 70.2 Å². The number of hydrogen-bond acceptors (Lipinski definition) is 7. The highest BCUT2D eigenvalue weighted by Gasteiger charge is 2.21. The largest absolute Gasteiger partial charge is 0.487 e. The lowest BCUT2D eigenvalue weighted by molar-refractivity contribution is -0.123. The number of aryl methyl sites for hydroxylation is 1. The van der Waals surface area contributed by atoms with Crippen molar-refractivity contribution in [3.63, 3.8) is 0 Å². The Morgan fingerprint density at radius 2 is 1.84 bits per heavy atom. The number of halogens is 2. The molecule has 0 fully saturated rings. The van der Waals surface area contributed by atoms with E-state index in [0.29, 0.717) is 12.4 Å². The average molecular weight is 462 g/mol. The summed E-state index contributed by atoms with van der Waals surface area (Å²) in [7, 11) is 0. The van der Waals surface area contributed by atoms with Gasteiger partial charge in [-0.05, 0) is 50.2 Å². The zero-order valence-electron chi connectivity index (χ0n) is 17.2. The SMILES string of the molecule is Cc1nc(COc2ccc(C(=O)OC(C)C(=O)Nc3ccccc3OC(F)F)cc2)cs1. The Hall–Kier alpha value is -3.53. The predicted molar refractivity (Wildman–Crippen MR) is 114 cm³/mol. The number of nitrogens with zero attached hydrogens (tertiary/aromatic N) is 1. The van der Waals surface area contributed by atoms with Crippen LogP contribution in [0.1, 0.15) is 28.0 Å². The van der Waals surface area contributed by atoms with Crippen LogP contribution in [0, 0.1) is 6.92 Å². The standard InChI is InChI=1S/C22H20F2N2O5S/c1-13(20(27)26-18-5-3-4-6-19(18)31-22(23)24)30-21(28)15-7-9-17(10-8-15)29-11-16-12-32-14(2)25-16/h3-10,12-13,22H,11H2,1-2H3,(H,26,27). The van der Waals surface area contributed by atoms with Crippen LogP contribution >= 0.6 is 11.3 Å². The van der Waals surface area contributed by atoms with E-state index in [1.54, 1.807) is 18.2 Å². The van der Waals surface area contributed by atoms with Crippen LogP contribution < -0.4 is 14.8 Å². The minimum absolute atomic E-state index is 0.0394. The number of esters is 1. The number of carbonyl (C=O) groups excluding carboxylic acids is 2. The molecule has 0 aliphatic carbocycles. The molecule has 0 aliphatic heterocycles. The van der Waals surface area contributed by atoms with E-state index >= 15 is 0 Å². The van der Waals surface area contributed by atoms with Crippen molar-refractivity contribution in [3.8, 4) is 11.5 Å². The molecule has 1 unspecified atom stereocenters. The molecule has 0 saturated carbocycles. The normalized spacial score (nSPS) is 11.7. The van der Waals surface area contributed by atoms with Crippen molar-refractivity contribution in [2.24, 2.45) is 0 Å². The maximum Gasteiger partial charge on any atom is 0.387 e. The molecule has 7 nitrogen and oxygen atoms in total. The zero-order valence-corrected chi connectivity index (χ0v) is 18.0. The molecular weight excluding hydrogens is 442 g/mol. The minimum atomic E-state index is -3.04. The second kappa shape index (κ2) is 10.7. The maximum atomic E-state index is 12.5. The van der Waals surface area contributed by atoms with E-state index in [0.717, 1.165) is 10.7 Å². The van der Waals surface area contributed by atoms with Crippen LogP contribution in [0.25, 0.3) is 0 Å². The summed E-state index contributed by atoms with van der Waals surface area (Å²) in [6.07, 6.45) is -1.18. The van der Waals surface area contributed by atoms with Gasteiger partial charge in [-0.25, -0.2) is 9.78 Å². The van der Waals surface area contributed by atoms with Gasteiger partial charge >= 0.3 is 12.6 Å². The summed E-state index contributed by atoms with van der Waals surface area (Å²) < 4.78 is 40.2. The Balaban J connectivity index is 1.54. The van der Waals surface area contributed by atoms with Gasteiger partial charge in [-0.1, -0.05) is 12.1 Å². The molecule has 3 rings (SSSR count). The number of thiazole rings is 1. The Morgan fingerprint density at radius 3 is 2.50 bits per heavy atom. The summed E-state index contributed by atoms with van der Waals surface area (Å²) in [5, 5.41) is 5.27. The van der Waals surface area contributed by atoms with Gasteiger partial charge in [0.05, 0.1) is 22.0 Å². The van der Waals surface area contributed by atoms with E-state index in [-0.39, 0.29) is 17.0 Å². The summed E-state index contributed by atoms with van der Waals surface area (Å²) in [5.41, 5.74) is 1.08. The van der Waals surface area contributed by atoms with Gasteiger partial charge in [-0.3, -0.25) is 4.79 Å². The molecule has 0 saturated heterocycles. The van der Waals surface area contributed by atoms with Crippen molar-refractivity contribution in [1.82, 2.24) is 4.98 Å². The fraction of sp³-hybridized carbons (Fsp3) is 0.227. The maximum absolute atomic E-state index is 12.5. The first-order valence-electron chi connectivity index (χ1n) is 9.51. The highest BCUT2D eigenvalue weighted by Crippen LogP contribution is 2.26. The van der Waals surface area contributed by atoms with E-state index in [9.17, 15) is 18.4 Å². The number of carbonyl (C=O) groups is 2. The molecule has 0 aliphatic rings. The second-order valence-corrected chi connectivity index (χ2v) is 7.64. The van der Waals surface area contributed by atoms with Gasteiger partial charge in [0.1, 0.15) is 18.1 Å². The molecule has 0 spiro atoms. The van der Waals surface area contributed by atoms with Crippen LogP contribution in [0.5, 0.6) is 11.5 Å². The van der Waals surface area contributed by atoms with Crippen LogP contribution in [0.4, 0.5) is 14.5 Å². The van der Waals surface area contributed by atoms with E-state index in [1.807, 2.05) is 12.3 Å². The Kier molecular flexibility index (Phi) is 7.72. The third-order valence-electron chi connectivity index (χ3n) is 4.16. The number of rotatable bonds is 9. The molecule has 168 valence electrons. The van der Waals surface area contributed by atoms with Crippen LogP contribution in [-0.4, -0.2) is 29.6 Å². The van der Waals surface area contributed by atoms with Crippen molar-refractivity contribution in [2.45, 2.75) is 33.2 Å². The molecule has 10 heteroatoms. The fourth-order valence-corrected chi connectivity index (χ4v) is 3.20. The topological polar surface area (TPSA) is 86.8 Å². The highest BCUT2D eigenvalue weighted by atomic mass is 32.1. The van der Waals surface area contributed by atoms with Crippen LogP contribution in [-0.2, 0) is 16.1 Å². The van der Waals surface area contributed by atoms with E-state index in [4.69, 9.17) is 9.47 Å². The van der Waals surface area contributed by atoms with Gasteiger partial charge in [-0.15, -0.1) is 11.3 Å². The second-order valence-electron chi connectivity index (χ2n) is 6.58. The molecule has 1 heterocycles. The predicted octanol–water partition coefficient (Wildman–Crippen LogP) is 4.82. The first-order valence-corrected chi connectivity index (χ1v) is 10.4. The van der Waals surface area contributed by atoms with Crippen molar-refractivity contribution >= 4 is 28.9 Å². The van der Waals surface area contributed by atoms with Gasteiger partial charge in [0.15, 0.2) is 6.10 Å². The number of amides is 1. The third-order valence-corrected chi connectivity index (χ3v) is 4.98. The number of aromatic nitrogens is 1. The lowest BCUT2D eigenvalue weighted by Crippen LogP contribution is -2.30. The van der Waals surface area contributed by atoms with Gasteiger partial charge in [0, 0.05) is 5.38 Å². The van der Waals surface area contributed by atoms with E-state index < -0.39 is 24.6 Å². The van der Waals surface area contributed by atoms with Gasteiger partial charge in [-0.2, -0.15) is 8.78 Å². The van der Waals surface area contributed by atoms with Crippen LogP contribution in [0.3, 0.4) is 0 Å². The molecule has 1 N–H and O–H groups in total. The summed E-state index contributed by atoms with van der Waals surface area (Å²) in [6.45, 7) is 0.547. The number of alkyl halides is 2. The average Bonchev–Trinajstić information content (AvgIpc) is 3.18. The molecule has 0 radical (unpaired) electrons. The van der Waals surface area contributed by atoms with Crippen molar-refractivity contribution < 1.29 is 32.6 Å². The number of anilines is 1. The third kappa shape index (κ3) is 6.48. The molecular formula is C22H20F2N2O5S. The Labute approximate surface area is 187 Å². The van der Waals surface area contributed by atoms with Gasteiger partial charge < -0.3 is 19.5 Å². The summed E-state index contributed by atoms with van der Waals surface area (Å²) in [6, 6.07) is 12.0. The highest BCUT2D eigenvalue weighted by molar-refractivity contribution is 7.09. The van der Waals surface area contributed by atoms with Crippen LogP contribution in [0.15, 0.2) is 53.9 Å². The quantitative estimate of drug-likeness (QED) is 0.459. The number of benzene rings is 2. The fourth-order valence-electron chi connectivity index (χ4n) is 2.60. The molecule has 1 atom stereocenters. The zero-order chi connectivity index (χ0) is 23.1. The Bertz CT molecular complexity index is 1070. The first-order chi connectivity index (χ1) is 15.3. The molecule has 1 amide bonds. The summed E-state index contributed by atoms with van der Waals surface area (Å²) in [4.78, 5) is 29.0. The van der Waals surface area contributed by atoms with Gasteiger partial charge in [0.2, 0.25) is 0 Å². The number of para-hydroxylation sites is 2. The Morgan fingerprint density at radius 1 is 1.12 bits per heavy atom. The first kappa shape index (κ1) is 23.1. The summed E-state index contributed by atoms with van der Waals surface area (Å²) >= 11 is 1.53. The summed E-state index contributed by atoms with van der Waals surface area (Å²) in [5.74, 6) is -1.06. The smallest absolute Gasteiger partial charge is 0.387 e. The molecule has 1 aromatic heterocycles. The lowest BCUT2D eigenvalue weighted by atomic mass is 10.2. The lowest BCUT2D eigenvalue weighted by Gasteiger charge is -2.16. The molecule has 0 bridgehead atoms. The minimum Gasteiger partial charge on any atom is -0.487 e. The van der Waals surface area contributed by atoms with Gasteiger partial charge in [0.25, 0.3) is 5.91 Å². The molecule has 32 heavy (non-hydrogen) atoms. The number of nitrogens with one attached hydrogen (secondary N) is 1. The van der Waals surface area contributed by atoms with Crippen molar-refractivity contribution in [2.75, 3.05) is 5.32 Å². The van der Waals surface area contributed by atoms with Crippen molar-refractivity contribution in [1.29, 1.82) is 0 Å². The number of ether oxygens (including phenoxy) is 3. The monoisotopic (exact) mass is 462 g/mol. The van der Waals surface area contributed by atoms with Crippen LogP contribution in [0.2, 0.25) is 0 Å². The van der Waals surface area contributed by atoms with E-state index in [1.165, 1.54) is 48.6 Å².